The molecule has 0 saturated carbocycles. The second-order valence-electron chi connectivity index (χ2n) is 21.8. The van der Waals surface area contributed by atoms with Crippen molar-refractivity contribution in [1.29, 1.82) is 0 Å². The lowest BCUT2D eigenvalue weighted by Gasteiger charge is -2.15. The van der Waals surface area contributed by atoms with Gasteiger partial charge in [-0.25, -0.2) is 0 Å². The Labute approximate surface area is 529 Å². The molecule has 0 aliphatic carbocycles. The molecule has 478 valence electrons. The zero-order valence-corrected chi connectivity index (χ0v) is 54.7. The minimum atomic E-state index is -0.805. The van der Waals surface area contributed by atoms with E-state index < -0.39 is 6.10 Å². The largest absolute Gasteiger partial charge is 0.462 e. The summed E-state index contributed by atoms with van der Waals surface area (Å²) < 4.78 is 10.7. The fourth-order valence-electron chi connectivity index (χ4n) is 8.72. The number of rotatable bonds is 60. The van der Waals surface area contributed by atoms with E-state index in [0.29, 0.717) is 12.8 Å². The van der Waals surface area contributed by atoms with Gasteiger partial charge in [0, 0.05) is 12.8 Å². The van der Waals surface area contributed by atoms with Crippen LogP contribution in [0.1, 0.15) is 258 Å². The Hall–Kier alpha value is -5.78. The van der Waals surface area contributed by atoms with E-state index in [-0.39, 0.29) is 25.2 Å². The number of hydrogen-bond donors (Lipinski definition) is 1. The molecular formula is C81H124O5. The molecule has 0 amide bonds. The molecule has 0 spiro atoms. The lowest BCUT2D eigenvalue weighted by Crippen LogP contribution is -2.28. The summed E-state index contributed by atoms with van der Waals surface area (Å²) in [7, 11) is 0. The van der Waals surface area contributed by atoms with Gasteiger partial charge in [-0.15, -0.1) is 0 Å². The highest BCUT2D eigenvalue weighted by atomic mass is 16.6. The molecule has 0 aromatic rings. The average Bonchev–Trinajstić information content (AvgIpc) is 3.54. The van der Waals surface area contributed by atoms with Gasteiger partial charge in [-0.05, 0) is 154 Å². The number of allylic oxidation sites excluding steroid dienone is 36. The van der Waals surface area contributed by atoms with E-state index in [2.05, 4.69) is 233 Å². The SMILES string of the molecule is CC/C=C\C/C=C\C/C=C\C/C=C\C/C=C\C/C=C\C/C=C\C/C=C\C/C=C\CCCCCCCCCCCCCCCC(=O)OC(CO)COC(=O)CCCCC/C=C\C/C=C\C/C=C\C/C=C\C/C=C\C/C=C\C/C=C\C/C=C\C/C=C\CC. The van der Waals surface area contributed by atoms with Crippen molar-refractivity contribution in [2.75, 3.05) is 13.2 Å². The Morgan fingerprint density at radius 1 is 0.267 bits per heavy atom. The second kappa shape index (κ2) is 73.5. The standard InChI is InChI=1S/C81H124O5/c1-3-5-7-9-11-13-15-17-19-21-23-25-27-29-31-33-35-36-37-38-39-40-41-42-43-44-46-48-50-52-54-56-58-60-62-64-66-68-70-72-74-76-81(84)86-79(77-82)78-85-80(83)75-73-71-69-67-65-63-61-59-57-55-53-51-49-47-45-34-32-30-28-26-24-22-20-18-16-14-12-10-8-6-4-2/h5-8,11-14,17-20,23-26,29-32,35-36,38-39,41-42,44-47,51,53,57,59,63,65,79,82H,3-4,9-10,15-16,21-22,27-28,33-34,37,40,43,48-50,52,54-56,58,60-62,64,66-78H2,1-2H3/b7-5-,8-6-,13-11-,14-12-,19-17-,20-18-,25-23-,26-24-,31-29-,32-30-,36-35-,39-38-,42-41-,46-44-,47-45-,53-51-,59-57-,65-63-. The Morgan fingerprint density at radius 3 is 0.709 bits per heavy atom. The van der Waals surface area contributed by atoms with Gasteiger partial charge in [0.05, 0.1) is 6.61 Å². The summed E-state index contributed by atoms with van der Waals surface area (Å²) in [5, 5.41) is 9.70. The van der Waals surface area contributed by atoms with Crippen LogP contribution in [0.15, 0.2) is 219 Å². The van der Waals surface area contributed by atoms with Crippen LogP contribution in [0, 0.1) is 0 Å². The number of ether oxygens (including phenoxy) is 2. The smallest absolute Gasteiger partial charge is 0.306 e. The minimum absolute atomic E-state index is 0.0972. The number of unbranched alkanes of at least 4 members (excludes halogenated alkanes) is 16. The first-order valence-corrected chi connectivity index (χ1v) is 34.3. The van der Waals surface area contributed by atoms with Crippen molar-refractivity contribution in [2.45, 2.75) is 264 Å². The second-order valence-corrected chi connectivity index (χ2v) is 21.8. The normalized spacial score (nSPS) is 13.7. The van der Waals surface area contributed by atoms with Crippen LogP contribution in [0.5, 0.6) is 0 Å². The average molecular weight is 1180 g/mol. The fraction of sp³-hybridized carbons (Fsp3) is 0.531. The zero-order chi connectivity index (χ0) is 61.9. The van der Waals surface area contributed by atoms with Gasteiger partial charge in [-0.3, -0.25) is 9.59 Å². The summed E-state index contributed by atoms with van der Waals surface area (Å²) in [5.41, 5.74) is 0. The van der Waals surface area contributed by atoms with Crippen LogP contribution in [-0.4, -0.2) is 36.4 Å². The van der Waals surface area contributed by atoms with Crippen molar-refractivity contribution in [1.82, 2.24) is 0 Å². The van der Waals surface area contributed by atoms with Gasteiger partial charge in [0.1, 0.15) is 6.61 Å². The highest BCUT2D eigenvalue weighted by Crippen LogP contribution is 2.15. The summed E-state index contributed by atoms with van der Waals surface area (Å²) in [6.45, 7) is 3.87. The third-order valence-corrected chi connectivity index (χ3v) is 13.8. The van der Waals surface area contributed by atoms with Crippen LogP contribution in [0.4, 0.5) is 0 Å². The number of aliphatic hydroxyl groups excluding tert-OH is 1. The maximum absolute atomic E-state index is 12.4. The molecule has 0 radical (unpaired) electrons. The molecule has 0 rings (SSSR count). The Morgan fingerprint density at radius 2 is 0.465 bits per heavy atom. The van der Waals surface area contributed by atoms with Gasteiger partial charge in [0.15, 0.2) is 6.10 Å². The van der Waals surface area contributed by atoms with Crippen LogP contribution >= 0.6 is 0 Å². The van der Waals surface area contributed by atoms with Crippen molar-refractivity contribution >= 4 is 11.9 Å². The Bertz CT molecular complexity index is 2060. The topological polar surface area (TPSA) is 72.8 Å². The van der Waals surface area contributed by atoms with Crippen LogP contribution in [0.3, 0.4) is 0 Å². The summed E-state index contributed by atoms with van der Waals surface area (Å²) in [6, 6.07) is 0. The number of esters is 2. The van der Waals surface area contributed by atoms with Gasteiger partial charge < -0.3 is 14.6 Å². The molecule has 0 heterocycles. The van der Waals surface area contributed by atoms with Gasteiger partial charge in [-0.1, -0.05) is 310 Å². The lowest BCUT2D eigenvalue weighted by atomic mass is 10.0. The van der Waals surface area contributed by atoms with E-state index in [1.165, 1.54) is 70.6 Å². The molecular weight excluding hydrogens is 1050 g/mol. The molecule has 0 aromatic carbocycles. The van der Waals surface area contributed by atoms with E-state index in [0.717, 1.165) is 161 Å². The molecule has 1 atom stereocenters. The molecule has 1 N–H and O–H groups in total. The van der Waals surface area contributed by atoms with Crippen LogP contribution in [0.25, 0.3) is 0 Å². The third-order valence-electron chi connectivity index (χ3n) is 13.8. The van der Waals surface area contributed by atoms with Gasteiger partial charge in [-0.2, -0.15) is 0 Å². The van der Waals surface area contributed by atoms with Crippen molar-refractivity contribution in [3.8, 4) is 0 Å². The molecule has 0 aliphatic heterocycles. The van der Waals surface area contributed by atoms with E-state index in [4.69, 9.17) is 9.47 Å². The van der Waals surface area contributed by atoms with Crippen LogP contribution in [-0.2, 0) is 19.1 Å². The van der Waals surface area contributed by atoms with E-state index in [9.17, 15) is 14.7 Å². The minimum Gasteiger partial charge on any atom is -0.462 e. The molecule has 1 unspecified atom stereocenters. The highest BCUT2D eigenvalue weighted by molar-refractivity contribution is 5.70. The molecule has 0 aromatic heterocycles. The first-order chi connectivity index (χ1) is 42.6. The molecule has 0 fully saturated rings. The molecule has 0 saturated heterocycles. The quantitative estimate of drug-likeness (QED) is 0.0373. The van der Waals surface area contributed by atoms with Gasteiger partial charge >= 0.3 is 11.9 Å². The van der Waals surface area contributed by atoms with E-state index >= 15 is 0 Å². The number of carbonyl (C=O) groups is 2. The van der Waals surface area contributed by atoms with Crippen molar-refractivity contribution in [3.05, 3.63) is 219 Å². The molecule has 0 aliphatic rings. The summed E-state index contributed by atoms with van der Waals surface area (Å²) in [6.07, 6.45) is 119. The Kier molecular flexibility index (Phi) is 68.5. The predicted molar refractivity (Wildman–Crippen MR) is 379 cm³/mol. The predicted octanol–water partition coefficient (Wildman–Crippen LogP) is 24.3. The number of hydrogen-bond acceptors (Lipinski definition) is 5. The monoisotopic (exact) mass is 1180 g/mol. The van der Waals surface area contributed by atoms with Crippen LogP contribution < -0.4 is 0 Å². The Balaban J connectivity index is 3.63. The zero-order valence-electron chi connectivity index (χ0n) is 54.7. The summed E-state index contributed by atoms with van der Waals surface area (Å²) in [5.74, 6) is -0.644. The molecule has 0 bridgehead atoms. The summed E-state index contributed by atoms with van der Waals surface area (Å²) >= 11 is 0. The molecule has 5 heteroatoms. The maximum atomic E-state index is 12.4. The van der Waals surface area contributed by atoms with Crippen LogP contribution in [0.2, 0.25) is 0 Å². The number of carbonyl (C=O) groups excluding carboxylic acids is 2. The van der Waals surface area contributed by atoms with E-state index in [1.807, 2.05) is 0 Å². The number of aliphatic hydroxyl groups is 1. The van der Waals surface area contributed by atoms with Crippen molar-refractivity contribution in [3.63, 3.8) is 0 Å². The van der Waals surface area contributed by atoms with Crippen molar-refractivity contribution < 1.29 is 24.2 Å². The first-order valence-electron chi connectivity index (χ1n) is 34.3. The third kappa shape index (κ3) is 70.7. The highest BCUT2D eigenvalue weighted by Gasteiger charge is 2.16. The summed E-state index contributed by atoms with van der Waals surface area (Å²) in [4.78, 5) is 24.6. The van der Waals surface area contributed by atoms with E-state index in [1.54, 1.807) is 0 Å². The molecule has 86 heavy (non-hydrogen) atoms. The fourth-order valence-corrected chi connectivity index (χ4v) is 8.72. The van der Waals surface area contributed by atoms with Gasteiger partial charge in [0.2, 0.25) is 0 Å². The van der Waals surface area contributed by atoms with Crippen molar-refractivity contribution in [2.24, 2.45) is 0 Å². The molecule has 5 nitrogen and oxygen atoms in total. The van der Waals surface area contributed by atoms with Gasteiger partial charge in [0.25, 0.3) is 0 Å². The lowest BCUT2D eigenvalue weighted by molar-refractivity contribution is -0.161. The first kappa shape index (κ1) is 80.2. The maximum Gasteiger partial charge on any atom is 0.306 e.